The molecule has 4 aromatic heterocycles. The minimum atomic E-state index is -4.40. The van der Waals surface area contributed by atoms with E-state index >= 15 is 0 Å². The van der Waals surface area contributed by atoms with Crippen LogP contribution < -0.4 is 49.8 Å². The fourth-order valence-corrected chi connectivity index (χ4v) is 12.6. The number of aromatic nitrogens is 5. The van der Waals surface area contributed by atoms with E-state index in [1.165, 1.54) is 39.5 Å². The number of thiazole rings is 2. The number of aromatic carboxylic acids is 2. The van der Waals surface area contributed by atoms with Crippen LogP contribution in [0.2, 0.25) is 0 Å². The first kappa shape index (κ1) is 58.0. The molecule has 0 aliphatic heterocycles. The number of anilines is 6. The quantitative estimate of drug-likeness (QED) is 0.0230. The Labute approximate surface area is 488 Å². The van der Waals surface area contributed by atoms with Crippen LogP contribution in [0.15, 0.2) is 105 Å². The number of sulfonamides is 1. The van der Waals surface area contributed by atoms with Gasteiger partial charge in [-0.3, -0.25) is 14.7 Å². The Hall–Kier alpha value is -7.15. The largest absolute Gasteiger partial charge is 1.00 e. The Morgan fingerprint density at radius 3 is 2.00 bits per heavy atom. The second-order valence-electron chi connectivity index (χ2n) is 19.5. The number of carboxylic acid groups (broad SMARTS) is 2. The van der Waals surface area contributed by atoms with Crippen LogP contribution in [0.1, 0.15) is 91.7 Å². The molecule has 79 heavy (non-hydrogen) atoms. The number of benzene rings is 5. The van der Waals surface area contributed by atoms with Gasteiger partial charge in [0.05, 0.1) is 65.6 Å². The number of rotatable bonds is 16. The van der Waals surface area contributed by atoms with E-state index in [1.807, 2.05) is 92.3 Å². The Kier molecular flexibility index (Phi) is 16.8. The van der Waals surface area contributed by atoms with Gasteiger partial charge in [-0.25, -0.2) is 33.0 Å². The number of carboxylic acids is 2. The van der Waals surface area contributed by atoms with Crippen molar-refractivity contribution in [3.8, 4) is 11.2 Å². The van der Waals surface area contributed by atoms with E-state index in [0.29, 0.717) is 59.5 Å². The van der Waals surface area contributed by atoms with Gasteiger partial charge in [-0.05, 0) is 137 Å². The van der Waals surface area contributed by atoms with E-state index in [-0.39, 0.29) is 51.5 Å². The number of nitriles is 1. The van der Waals surface area contributed by atoms with Crippen molar-refractivity contribution < 1.29 is 72.4 Å². The van der Waals surface area contributed by atoms with E-state index in [4.69, 9.17) is 30.3 Å². The normalized spacial score (nSPS) is 11.8. The number of pyridine rings is 1. The summed E-state index contributed by atoms with van der Waals surface area (Å²) >= 11 is 3.25. The fourth-order valence-electron chi connectivity index (χ4n) is 9.06. The maximum absolute atomic E-state index is 13.9. The summed E-state index contributed by atoms with van der Waals surface area (Å²) in [5, 5.41) is 63.2. The molecular weight excluding hydrogens is 1100 g/mol. The Balaban J connectivity index is 0.00000822. The SMILES string of the molecule is Cc1cc(C)c(Nc2nc(N(c3nc4ccc(S(=O)(=O)Nc5cc(C(=O)O)cc(C(=O)O)c5)cc4s3)c3c(C)cc(C)cc3C)cc(C)c2N=Nc2c(C#N)c(C(C)(C)C)nn2-c2nc3ccc(SOO[O-])cc3s2)c(C)c1.[Na+]. The standard InChI is InChI=1S/C54H49N11O9S4.Na/c1-26-15-28(3)44(29(4)16-26)59-48-45(60-61-49-38(25-55)47(54(8,9)10)62-65(49)53-57-39-13-11-36(77-74-73-70)23-41(39)76-53)30(5)19-43(58-48)64(46-31(6)17-27(2)18-32(46)7)52-56-40-14-12-37(24-42(40)75-52)78(71,72)63-35-21-33(50(66)67)20-34(22-35)51(68)69;/h11-24,63,70H,1-10H3,(H,58,59)(H,66,67)(H,68,69);/q;+1/p-1. The number of fused-ring (bicyclic) bond motifs is 2. The van der Waals surface area contributed by atoms with Crippen LogP contribution in [0.4, 0.5) is 45.3 Å². The van der Waals surface area contributed by atoms with Gasteiger partial charge < -0.3 is 20.8 Å². The maximum Gasteiger partial charge on any atom is 1.00 e. The zero-order chi connectivity index (χ0) is 56.1. The number of carbonyl (C=O) groups is 2. The molecule has 0 unspecified atom stereocenters. The molecule has 20 nitrogen and oxygen atoms in total. The van der Waals surface area contributed by atoms with Gasteiger partial charge in [0.15, 0.2) is 16.8 Å². The minimum absolute atomic E-state index is 0. The predicted octanol–water partition coefficient (Wildman–Crippen LogP) is 9.88. The van der Waals surface area contributed by atoms with Crippen molar-refractivity contribution >= 4 is 122 Å². The molecule has 9 rings (SSSR count). The summed E-state index contributed by atoms with van der Waals surface area (Å²) in [6.07, 6.45) is 0. The second-order valence-corrected chi connectivity index (χ2v) is 24.0. The fraction of sp³-hybridized carbons (Fsp3) is 0.204. The molecule has 0 aliphatic carbocycles. The van der Waals surface area contributed by atoms with Crippen molar-refractivity contribution in [3.05, 3.63) is 146 Å². The topological polar surface area (TPSA) is 283 Å². The molecule has 398 valence electrons. The van der Waals surface area contributed by atoms with Gasteiger partial charge in [0, 0.05) is 16.0 Å². The molecule has 0 fully saturated rings. The van der Waals surface area contributed by atoms with Crippen LogP contribution in [0.25, 0.3) is 25.6 Å². The molecule has 0 aliphatic rings. The minimum Gasteiger partial charge on any atom is -0.691 e. The van der Waals surface area contributed by atoms with Crippen LogP contribution in [-0.4, -0.2) is 55.3 Å². The first-order valence-corrected chi connectivity index (χ1v) is 27.6. The van der Waals surface area contributed by atoms with Crippen LogP contribution in [-0.2, 0) is 24.8 Å². The maximum atomic E-state index is 13.9. The first-order valence-electron chi connectivity index (χ1n) is 23.7. The van der Waals surface area contributed by atoms with Gasteiger partial charge in [0.25, 0.3) is 10.0 Å². The first-order chi connectivity index (χ1) is 36.9. The molecule has 9 aromatic rings. The zero-order valence-corrected chi connectivity index (χ0v) is 49.8. The molecule has 4 N–H and O–H groups in total. The van der Waals surface area contributed by atoms with E-state index in [2.05, 4.69) is 37.6 Å². The molecule has 0 amide bonds. The molecule has 0 saturated carbocycles. The average molecular weight is 1150 g/mol. The predicted molar refractivity (Wildman–Crippen MR) is 299 cm³/mol. The number of azo groups is 1. The van der Waals surface area contributed by atoms with Gasteiger partial charge in [0.1, 0.15) is 23.1 Å². The number of hydrogen-bond donors (Lipinski definition) is 4. The molecule has 0 saturated heterocycles. The summed E-state index contributed by atoms with van der Waals surface area (Å²) in [4.78, 5) is 41.2. The molecular formula is C54H48N11NaO9S4. The van der Waals surface area contributed by atoms with E-state index in [1.54, 1.807) is 24.3 Å². The van der Waals surface area contributed by atoms with Crippen molar-refractivity contribution in [2.45, 2.75) is 84.4 Å². The van der Waals surface area contributed by atoms with E-state index in [9.17, 15) is 38.7 Å². The third kappa shape index (κ3) is 12.1. The summed E-state index contributed by atoms with van der Waals surface area (Å²) in [5.41, 5.74) is 8.36. The third-order valence-electron chi connectivity index (χ3n) is 12.3. The summed E-state index contributed by atoms with van der Waals surface area (Å²) in [6, 6.07) is 25.1. The van der Waals surface area contributed by atoms with Crippen molar-refractivity contribution in [2.75, 3.05) is 14.9 Å². The van der Waals surface area contributed by atoms with E-state index < -0.39 is 38.5 Å². The van der Waals surface area contributed by atoms with Crippen molar-refractivity contribution in [2.24, 2.45) is 10.2 Å². The van der Waals surface area contributed by atoms with Gasteiger partial charge in [-0.1, -0.05) is 78.8 Å². The molecule has 5 aromatic carbocycles. The zero-order valence-electron chi connectivity index (χ0n) is 44.5. The monoisotopic (exact) mass is 1150 g/mol. The third-order valence-corrected chi connectivity index (χ3v) is 16.3. The molecule has 0 bridgehead atoms. The Morgan fingerprint density at radius 1 is 0.785 bits per heavy atom. The Bertz CT molecular complexity index is 4050. The molecule has 25 heteroatoms. The summed E-state index contributed by atoms with van der Waals surface area (Å²) < 4.78 is 37.5. The van der Waals surface area contributed by atoms with Gasteiger partial charge in [0.2, 0.25) is 5.13 Å². The summed E-state index contributed by atoms with van der Waals surface area (Å²) in [7, 11) is -4.40. The average Bonchev–Trinajstić information content (AvgIpc) is 4.25. The van der Waals surface area contributed by atoms with Crippen molar-refractivity contribution in [1.82, 2.24) is 24.7 Å². The number of hydrogen-bond acceptors (Lipinski definition) is 19. The number of nitrogens with zero attached hydrogens (tertiary/aromatic N) is 9. The summed E-state index contributed by atoms with van der Waals surface area (Å²) in [5.74, 6) is -2.00. The number of nitrogens with one attached hydrogen (secondary N) is 2. The van der Waals surface area contributed by atoms with E-state index in [0.717, 1.165) is 79.7 Å². The van der Waals surface area contributed by atoms with Crippen LogP contribution >= 0.6 is 34.7 Å². The summed E-state index contributed by atoms with van der Waals surface area (Å²) in [6.45, 7) is 19.7. The van der Waals surface area contributed by atoms with Crippen molar-refractivity contribution in [3.63, 3.8) is 0 Å². The second kappa shape index (κ2) is 22.9. The van der Waals surface area contributed by atoms with Gasteiger partial charge >= 0.3 is 41.5 Å². The smallest absolute Gasteiger partial charge is 0.691 e. The molecule has 0 spiro atoms. The van der Waals surface area contributed by atoms with Gasteiger partial charge in [-0.2, -0.15) is 19.4 Å². The van der Waals surface area contributed by atoms with Crippen LogP contribution in [0.5, 0.6) is 0 Å². The van der Waals surface area contributed by atoms with Crippen LogP contribution in [0, 0.1) is 59.8 Å². The molecule has 4 heterocycles. The molecule has 0 atom stereocenters. The van der Waals surface area contributed by atoms with Crippen LogP contribution in [0.3, 0.4) is 0 Å². The van der Waals surface area contributed by atoms with Gasteiger partial charge in [-0.15, -0.1) is 10.2 Å². The number of aryl methyl sites for hydroxylation is 7. The molecule has 0 radical (unpaired) electrons. The van der Waals surface area contributed by atoms with Crippen molar-refractivity contribution in [1.29, 1.82) is 5.26 Å². The Morgan fingerprint density at radius 2 is 1.39 bits per heavy atom.